The smallest absolute Gasteiger partial charge is 0.321 e. The molecule has 15 heavy (non-hydrogen) atoms. The van der Waals surface area contributed by atoms with Crippen LogP contribution in [0.4, 0.5) is 6.01 Å². The molecular formula is C9H16N4O2. The van der Waals surface area contributed by atoms with Crippen LogP contribution in [0.1, 0.15) is 26.1 Å². The van der Waals surface area contributed by atoms with Crippen LogP contribution in [0.3, 0.4) is 0 Å². The van der Waals surface area contributed by atoms with Gasteiger partial charge in [0.2, 0.25) is 5.91 Å². The van der Waals surface area contributed by atoms with Crippen molar-refractivity contribution in [2.24, 2.45) is 0 Å². The second-order valence-electron chi connectivity index (χ2n) is 3.55. The number of nitrogens with one attached hydrogen (secondary N) is 2. The lowest BCUT2D eigenvalue weighted by molar-refractivity contribution is -0.121. The van der Waals surface area contributed by atoms with E-state index in [-0.39, 0.29) is 11.9 Å². The number of hydrogen-bond donors (Lipinski definition) is 2. The molecule has 0 atom stereocenters. The molecule has 0 bridgehead atoms. The maximum absolute atomic E-state index is 11.2. The van der Waals surface area contributed by atoms with Crippen molar-refractivity contribution in [3.8, 4) is 0 Å². The third-order valence-corrected chi connectivity index (χ3v) is 1.61. The Morgan fingerprint density at radius 1 is 1.53 bits per heavy atom. The lowest BCUT2D eigenvalue weighted by Crippen LogP contribution is -2.31. The Balaban J connectivity index is 2.19. The van der Waals surface area contributed by atoms with E-state index in [1.165, 1.54) is 0 Å². The molecule has 1 amide bonds. The standard InChI is InChI=1S/C9H16N4O2/c1-6(2)11-8(14)4-5-10-9-12-7(3)13-15-9/h6H,4-5H2,1-3H3,(H,11,14)(H,10,12,13). The summed E-state index contributed by atoms with van der Waals surface area (Å²) in [5, 5.41) is 9.27. The molecule has 0 aliphatic carbocycles. The van der Waals surface area contributed by atoms with Crippen LogP contribution in [0.15, 0.2) is 4.52 Å². The molecule has 6 nitrogen and oxygen atoms in total. The SMILES string of the molecule is Cc1noc(NCCC(=O)NC(C)C)n1. The van der Waals surface area contributed by atoms with E-state index in [1.807, 2.05) is 13.8 Å². The highest BCUT2D eigenvalue weighted by Crippen LogP contribution is 2.01. The van der Waals surface area contributed by atoms with Crippen LogP contribution in [0.25, 0.3) is 0 Å². The molecule has 0 saturated heterocycles. The van der Waals surface area contributed by atoms with Crippen LogP contribution < -0.4 is 10.6 Å². The third-order valence-electron chi connectivity index (χ3n) is 1.61. The summed E-state index contributed by atoms with van der Waals surface area (Å²) >= 11 is 0. The van der Waals surface area contributed by atoms with Gasteiger partial charge in [0.15, 0.2) is 5.82 Å². The van der Waals surface area contributed by atoms with Crippen LogP contribution in [0, 0.1) is 6.92 Å². The highest BCUT2D eigenvalue weighted by Gasteiger charge is 2.04. The van der Waals surface area contributed by atoms with E-state index in [1.54, 1.807) is 6.92 Å². The van der Waals surface area contributed by atoms with Crippen molar-refractivity contribution in [3.05, 3.63) is 5.82 Å². The zero-order valence-corrected chi connectivity index (χ0v) is 9.20. The molecule has 1 rings (SSSR count). The molecule has 6 heteroatoms. The number of aryl methyl sites for hydroxylation is 1. The van der Waals surface area contributed by atoms with Crippen LogP contribution in [-0.2, 0) is 4.79 Å². The normalized spacial score (nSPS) is 10.4. The van der Waals surface area contributed by atoms with Crippen LogP contribution in [0.2, 0.25) is 0 Å². The quantitative estimate of drug-likeness (QED) is 0.751. The van der Waals surface area contributed by atoms with E-state index in [2.05, 4.69) is 20.8 Å². The van der Waals surface area contributed by atoms with Crippen molar-refractivity contribution >= 4 is 11.9 Å². The Morgan fingerprint density at radius 3 is 2.80 bits per heavy atom. The van der Waals surface area contributed by atoms with Gasteiger partial charge in [-0.2, -0.15) is 4.98 Å². The van der Waals surface area contributed by atoms with Gasteiger partial charge in [-0.25, -0.2) is 0 Å². The number of anilines is 1. The van der Waals surface area contributed by atoms with Gasteiger partial charge < -0.3 is 15.2 Å². The van der Waals surface area contributed by atoms with Crippen molar-refractivity contribution in [2.75, 3.05) is 11.9 Å². The Kier molecular flexibility index (Phi) is 4.08. The average Bonchev–Trinajstić information content (AvgIpc) is 2.50. The summed E-state index contributed by atoms with van der Waals surface area (Å²) < 4.78 is 4.82. The van der Waals surface area contributed by atoms with E-state index in [0.717, 1.165) is 0 Å². The molecule has 0 aliphatic heterocycles. The maximum atomic E-state index is 11.2. The van der Waals surface area contributed by atoms with Crippen molar-refractivity contribution in [1.82, 2.24) is 15.5 Å². The summed E-state index contributed by atoms with van der Waals surface area (Å²) in [7, 11) is 0. The van der Waals surface area contributed by atoms with Gasteiger partial charge in [0.1, 0.15) is 0 Å². The van der Waals surface area contributed by atoms with Crippen molar-refractivity contribution < 1.29 is 9.32 Å². The summed E-state index contributed by atoms with van der Waals surface area (Å²) in [4.78, 5) is 15.2. The van der Waals surface area contributed by atoms with Gasteiger partial charge in [-0.1, -0.05) is 5.16 Å². The molecule has 1 aromatic heterocycles. The summed E-state index contributed by atoms with van der Waals surface area (Å²) in [5.74, 6) is 0.581. The monoisotopic (exact) mass is 212 g/mol. The molecule has 84 valence electrons. The fraction of sp³-hybridized carbons (Fsp3) is 0.667. The molecule has 0 fully saturated rings. The number of carbonyl (C=O) groups is 1. The topological polar surface area (TPSA) is 80.0 Å². The molecule has 0 unspecified atom stereocenters. The Bertz CT molecular complexity index is 322. The molecule has 0 spiro atoms. The molecule has 0 aromatic carbocycles. The fourth-order valence-electron chi connectivity index (χ4n) is 1.05. The summed E-state index contributed by atoms with van der Waals surface area (Å²) in [6.45, 7) is 6.07. The summed E-state index contributed by atoms with van der Waals surface area (Å²) in [6.07, 6.45) is 0.388. The lowest BCUT2D eigenvalue weighted by atomic mass is 10.3. The number of hydrogen-bond acceptors (Lipinski definition) is 5. The van der Waals surface area contributed by atoms with Crippen LogP contribution in [-0.4, -0.2) is 28.6 Å². The number of amides is 1. The van der Waals surface area contributed by atoms with E-state index in [4.69, 9.17) is 4.52 Å². The van der Waals surface area contributed by atoms with E-state index in [0.29, 0.717) is 24.8 Å². The first-order valence-corrected chi connectivity index (χ1v) is 4.91. The third kappa shape index (κ3) is 4.44. The van der Waals surface area contributed by atoms with Crippen molar-refractivity contribution in [2.45, 2.75) is 33.2 Å². The lowest BCUT2D eigenvalue weighted by Gasteiger charge is -2.07. The van der Waals surface area contributed by atoms with E-state index >= 15 is 0 Å². The number of nitrogens with zero attached hydrogens (tertiary/aromatic N) is 2. The molecular weight excluding hydrogens is 196 g/mol. The maximum Gasteiger partial charge on any atom is 0.321 e. The first-order valence-electron chi connectivity index (χ1n) is 4.91. The minimum atomic E-state index is 0.00809. The Hall–Kier alpha value is -1.59. The summed E-state index contributed by atoms with van der Waals surface area (Å²) in [6, 6.07) is 0.521. The molecule has 1 aromatic rings. The molecule has 0 aliphatic rings. The molecule has 0 saturated carbocycles. The van der Waals surface area contributed by atoms with Gasteiger partial charge in [0.05, 0.1) is 0 Å². The average molecular weight is 212 g/mol. The van der Waals surface area contributed by atoms with Gasteiger partial charge in [-0.05, 0) is 20.8 Å². The van der Waals surface area contributed by atoms with Crippen LogP contribution >= 0.6 is 0 Å². The number of aromatic nitrogens is 2. The number of carbonyl (C=O) groups excluding carboxylic acids is 1. The summed E-state index contributed by atoms with van der Waals surface area (Å²) in [5.41, 5.74) is 0. The zero-order valence-electron chi connectivity index (χ0n) is 9.20. The predicted molar refractivity (Wildman–Crippen MR) is 55.4 cm³/mol. The highest BCUT2D eigenvalue weighted by atomic mass is 16.5. The second kappa shape index (κ2) is 5.33. The van der Waals surface area contributed by atoms with Gasteiger partial charge >= 0.3 is 6.01 Å². The predicted octanol–water partition coefficient (Wildman–Crippen LogP) is 0.705. The Labute approximate surface area is 88.4 Å². The van der Waals surface area contributed by atoms with Gasteiger partial charge in [-0.15, -0.1) is 0 Å². The zero-order chi connectivity index (χ0) is 11.3. The number of rotatable bonds is 5. The van der Waals surface area contributed by atoms with Gasteiger partial charge in [-0.3, -0.25) is 4.79 Å². The largest absolute Gasteiger partial charge is 0.354 e. The first kappa shape index (κ1) is 11.5. The minimum absolute atomic E-state index is 0.00809. The van der Waals surface area contributed by atoms with E-state index in [9.17, 15) is 4.79 Å². The van der Waals surface area contributed by atoms with Crippen molar-refractivity contribution in [3.63, 3.8) is 0 Å². The van der Waals surface area contributed by atoms with Crippen LogP contribution in [0.5, 0.6) is 0 Å². The molecule has 1 heterocycles. The van der Waals surface area contributed by atoms with Gasteiger partial charge in [0, 0.05) is 19.0 Å². The van der Waals surface area contributed by atoms with Gasteiger partial charge in [0.25, 0.3) is 0 Å². The minimum Gasteiger partial charge on any atom is -0.354 e. The van der Waals surface area contributed by atoms with E-state index < -0.39 is 0 Å². The Morgan fingerprint density at radius 2 is 2.27 bits per heavy atom. The second-order valence-corrected chi connectivity index (χ2v) is 3.55. The molecule has 2 N–H and O–H groups in total. The fourth-order valence-corrected chi connectivity index (χ4v) is 1.05. The first-order chi connectivity index (χ1) is 7.08. The van der Waals surface area contributed by atoms with Crippen molar-refractivity contribution in [1.29, 1.82) is 0 Å². The molecule has 0 radical (unpaired) electrons. The highest BCUT2D eigenvalue weighted by molar-refractivity contribution is 5.76.